The Kier molecular flexibility index (Phi) is 5.51. The number of carbonyl (C=O) groups is 1. The fourth-order valence-electron chi connectivity index (χ4n) is 1.55. The van der Waals surface area contributed by atoms with E-state index in [1.54, 1.807) is 11.9 Å². The van der Waals surface area contributed by atoms with E-state index in [4.69, 9.17) is 5.11 Å². The molecule has 0 saturated heterocycles. The highest BCUT2D eigenvalue weighted by atomic mass is 16.3. The number of rotatable bonds is 6. The first-order valence-corrected chi connectivity index (χ1v) is 5.97. The predicted octanol–water partition coefficient (Wildman–Crippen LogP) is 0.0149. The molecule has 1 N–H and O–H groups in total. The molecular formula is C12H19N3O3. The minimum absolute atomic E-state index is 0.181. The van der Waals surface area contributed by atoms with Crippen LogP contribution in [0, 0.1) is 0 Å². The van der Waals surface area contributed by atoms with Crippen LogP contribution in [0.1, 0.15) is 29.8 Å². The standard InChI is InChI=1S/C12H19N3O3/c1-14(8-4-3-5-9-16)12(18)10-6-7-11(17)15(2)13-10/h6-7,16H,3-5,8-9H2,1-2H3. The summed E-state index contributed by atoms with van der Waals surface area (Å²) >= 11 is 0. The van der Waals surface area contributed by atoms with Crippen LogP contribution >= 0.6 is 0 Å². The lowest BCUT2D eigenvalue weighted by molar-refractivity contribution is 0.0784. The van der Waals surface area contributed by atoms with E-state index in [1.165, 1.54) is 19.2 Å². The average Bonchev–Trinajstić information content (AvgIpc) is 2.37. The van der Waals surface area contributed by atoms with Crippen molar-refractivity contribution in [1.82, 2.24) is 14.7 Å². The monoisotopic (exact) mass is 253 g/mol. The number of aromatic nitrogens is 2. The van der Waals surface area contributed by atoms with Crippen molar-refractivity contribution in [2.24, 2.45) is 7.05 Å². The van der Waals surface area contributed by atoms with Crippen molar-refractivity contribution in [2.75, 3.05) is 20.2 Å². The lowest BCUT2D eigenvalue weighted by atomic mass is 10.2. The zero-order chi connectivity index (χ0) is 13.5. The zero-order valence-electron chi connectivity index (χ0n) is 10.8. The van der Waals surface area contributed by atoms with Crippen molar-refractivity contribution in [3.8, 4) is 0 Å². The maximum atomic E-state index is 12.0. The van der Waals surface area contributed by atoms with Crippen LogP contribution in [-0.4, -0.2) is 45.9 Å². The second kappa shape index (κ2) is 6.90. The average molecular weight is 253 g/mol. The Hall–Kier alpha value is -1.69. The van der Waals surface area contributed by atoms with Gasteiger partial charge in [-0.05, 0) is 25.3 Å². The largest absolute Gasteiger partial charge is 0.396 e. The molecule has 0 bridgehead atoms. The molecule has 0 unspecified atom stereocenters. The van der Waals surface area contributed by atoms with Crippen LogP contribution in [0.25, 0.3) is 0 Å². The number of nitrogens with zero attached hydrogens (tertiary/aromatic N) is 3. The lowest BCUT2D eigenvalue weighted by Gasteiger charge is -2.16. The molecule has 18 heavy (non-hydrogen) atoms. The van der Waals surface area contributed by atoms with Crippen LogP contribution in [0.2, 0.25) is 0 Å². The Labute approximate surface area is 106 Å². The Balaban J connectivity index is 2.57. The summed E-state index contributed by atoms with van der Waals surface area (Å²) in [5.41, 5.74) is 0.0268. The van der Waals surface area contributed by atoms with Gasteiger partial charge in [-0.2, -0.15) is 5.10 Å². The van der Waals surface area contributed by atoms with Gasteiger partial charge in [-0.15, -0.1) is 0 Å². The number of aliphatic hydroxyl groups is 1. The molecule has 0 aliphatic heterocycles. The molecule has 1 amide bonds. The van der Waals surface area contributed by atoms with Crippen molar-refractivity contribution in [2.45, 2.75) is 19.3 Å². The second-order valence-corrected chi connectivity index (χ2v) is 4.19. The first-order valence-electron chi connectivity index (χ1n) is 5.97. The van der Waals surface area contributed by atoms with Gasteiger partial charge < -0.3 is 10.0 Å². The van der Waals surface area contributed by atoms with Gasteiger partial charge in [0.15, 0.2) is 0 Å². The number of aryl methyl sites for hydroxylation is 1. The van der Waals surface area contributed by atoms with Crippen molar-refractivity contribution in [3.63, 3.8) is 0 Å². The smallest absolute Gasteiger partial charge is 0.274 e. The molecule has 0 fully saturated rings. The maximum Gasteiger partial charge on any atom is 0.274 e. The van der Waals surface area contributed by atoms with Gasteiger partial charge in [0.1, 0.15) is 5.69 Å². The highest BCUT2D eigenvalue weighted by Crippen LogP contribution is 2.01. The molecule has 0 saturated carbocycles. The van der Waals surface area contributed by atoms with E-state index in [0.717, 1.165) is 23.9 Å². The van der Waals surface area contributed by atoms with E-state index in [-0.39, 0.29) is 23.8 Å². The highest BCUT2D eigenvalue weighted by molar-refractivity contribution is 5.91. The summed E-state index contributed by atoms with van der Waals surface area (Å²) in [6, 6.07) is 2.77. The van der Waals surface area contributed by atoms with E-state index in [0.29, 0.717) is 6.54 Å². The van der Waals surface area contributed by atoms with Crippen LogP contribution in [0.5, 0.6) is 0 Å². The van der Waals surface area contributed by atoms with Gasteiger partial charge in [0, 0.05) is 33.3 Å². The minimum Gasteiger partial charge on any atom is -0.396 e. The Morgan fingerprint density at radius 3 is 2.72 bits per heavy atom. The Morgan fingerprint density at radius 2 is 2.11 bits per heavy atom. The number of hydrogen-bond donors (Lipinski definition) is 1. The van der Waals surface area contributed by atoms with E-state index in [9.17, 15) is 9.59 Å². The van der Waals surface area contributed by atoms with Gasteiger partial charge in [0.2, 0.25) is 0 Å². The molecule has 1 aromatic heterocycles. The van der Waals surface area contributed by atoms with Gasteiger partial charge in [0.25, 0.3) is 11.5 Å². The first kappa shape index (κ1) is 14.4. The van der Waals surface area contributed by atoms with Crippen molar-refractivity contribution in [3.05, 3.63) is 28.2 Å². The van der Waals surface area contributed by atoms with E-state index < -0.39 is 0 Å². The van der Waals surface area contributed by atoms with Crippen LogP contribution in [0.15, 0.2) is 16.9 Å². The summed E-state index contributed by atoms with van der Waals surface area (Å²) in [6.45, 7) is 0.795. The molecule has 1 aromatic rings. The molecular weight excluding hydrogens is 234 g/mol. The predicted molar refractivity (Wildman–Crippen MR) is 67.4 cm³/mol. The molecule has 100 valence electrons. The number of aliphatic hydroxyl groups excluding tert-OH is 1. The summed E-state index contributed by atoms with van der Waals surface area (Å²) in [4.78, 5) is 24.7. The number of amides is 1. The maximum absolute atomic E-state index is 12.0. The van der Waals surface area contributed by atoms with Gasteiger partial charge in [-0.1, -0.05) is 0 Å². The summed E-state index contributed by atoms with van der Waals surface area (Å²) in [6.07, 6.45) is 2.48. The molecule has 6 heteroatoms. The molecule has 0 aromatic carbocycles. The first-order chi connectivity index (χ1) is 8.56. The van der Waals surface area contributed by atoms with E-state index in [1.807, 2.05) is 0 Å². The fraction of sp³-hybridized carbons (Fsp3) is 0.583. The van der Waals surface area contributed by atoms with Crippen LogP contribution in [-0.2, 0) is 7.05 Å². The van der Waals surface area contributed by atoms with E-state index in [2.05, 4.69) is 5.10 Å². The van der Waals surface area contributed by atoms with E-state index >= 15 is 0 Å². The summed E-state index contributed by atoms with van der Waals surface area (Å²) in [5, 5.41) is 12.6. The van der Waals surface area contributed by atoms with Gasteiger partial charge in [-0.3, -0.25) is 9.59 Å². The van der Waals surface area contributed by atoms with Gasteiger partial charge >= 0.3 is 0 Å². The fourth-order valence-corrected chi connectivity index (χ4v) is 1.55. The van der Waals surface area contributed by atoms with Crippen LogP contribution in [0.4, 0.5) is 0 Å². The summed E-state index contributed by atoms with van der Waals surface area (Å²) < 4.78 is 1.15. The molecule has 0 radical (unpaired) electrons. The van der Waals surface area contributed by atoms with Crippen molar-refractivity contribution < 1.29 is 9.90 Å². The highest BCUT2D eigenvalue weighted by Gasteiger charge is 2.13. The number of hydrogen-bond acceptors (Lipinski definition) is 4. The Bertz CT molecular complexity index is 456. The quantitative estimate of drug-likeness (QED) is 0.725. The molecule has 0 aliphatic rings. The van der Waals surface area contributed by atoms with Gasteiger partial charge in [0.05, 0.1) is 0 Å². The topological polar surface area (TPSA) is 75.4 Å². The summed E-state index contributed by atoms with van der Waals surface area (Å²) in [7, 11) is 3.22. The molecule has 0 spiro atoms. The van der Waals surface area contributed by atoms with Crippen LogP contribution < -0.4 is 5.56 Å². The van der Waals surface area contributed by atoms with Gasteiger partial charge in [-0.25, -0.2) is 4.68 Å². The molecule has 0 atom stereocenters. The minimum atomic E-state index is -0.239. The SMILES string of the molecule is CN(CCCCCO)C(=O)c1ccc(=O)n(C)n1. The second-order valence-electron chi connectivity index (χ2n) is 4.19. The third-order valence-corrected chi connectivity index (χ3v) is 2.68. The molecule has 6 nitrogen and oxygen atoms in total. The number of carbonyl (C=O) groups excluding carboxylic acids is 1. The lowest BCUT2D eigenvalue weighted by Crippen LogP contribution is -2.31. The molecule has 0 aliphatic carbocycles. The molecule has 1 heterocycles. The van der Waals surface area contributed by atoms with Crippen molar-refractivity contribution >= 4 is 5.91 Å². The third kappa shape index (κ3) is 3.96. The number of unbranched alkanes of at least 4 members (excludes halogenated alkanes) is 2. The zero-order valence-corrected chi connectivity index (χ0v) is 10.8. The third-order valence-electron chi connectivity index (χ3n) is 2.68. The summed E-state index contributed by atoms with van der Waals surface area (Å²) in [5.74, 6) is -0.199. The normalized spacial score (nSPS) is 10.4. The Morgan fingerprint density at radius 1 is 1.39 bits per heavy atom. The molecule has 1 rings (SSSR count). The van der Waals surface area contributed by atoms with Crippen molar-refractivity contribution in [1.29, 1.82) is 0 Å². The van der Waals surface area contributed by atoms with Crippen LogP contribution in [0.3, 0.4) is 0 Å².